The van der Waals surface area contributed by atoms with Crippen molar-refractivity contribution in [3.63, 3.8) is 0 Å². The summed E-state index contributed by atoms with van der Waals surface area (Å²) in [7, 11) is 0. The Balaban J connectivity index is 1.64. The largest absolute Gasteiger partial charge is 0.464 e. The van der Waals surface area contributed by atoms with Crippen molar-refractivity contribution in [1.82, 2.24) is 9.66 Å². The van der Waals surface area contributed by atoms with Crippen LogP contribution in [0.4, 0.5) is 0 Å². The molecule has 3 heterocycles. The molecular weight excluding hydrogens is 362 g/mol. The van der Waals surface area contributed by atoms with Crippen LogP contribution >= 0.6 is 11.3 Å². The van der Waals surface area contributed by atoms with Crippen LogP contribution in [-0.2, 0) is 4.79 Å². The minimum absolute atomic E-state index is 0.356. The number of carbonyl (C=O) groups is 1. The van der Waals surface area contributed by atoms with Gasteiger partial charge in [0, 0.05) is 17.0 Å². The van der Waals surface area contributed by atoms with Gasteiger partial charge in [-0.05, 0) is 36.3 Å². The van der Waals surface area contributed by atoms with Gasteiger partial charge in [-0.1, -0.05) is 24.3 Å². The first-order valence-corrected chi connectivity index (χ1v) is 9.09. The minimum atomic E-state index is -0.420. The van der Waals surface area contributed by atoms with Crippen LogP contribution in [0.2, 0.25) is 0 Å². The highest BCUT2D eigenvalue weighted by atomic mass is 32.1. The van der Waals surface area contributed by atoms with E-state index < -0.39 is 5.91 Å². The third-order valence-corrected chi connectivity index (χ3v) is 5.00. The second kappa shape index (κ2) is 7.05. The number of furan rings is 1. The molecule has 0 bridgehead atoms. The molecule has 6 nitrogen and oxygen atoms in total. The van der Waals surface area contributed by atoms with E-state index >= 15 is 0 Å². The van der Waals surface area contributed by atoms with Gasteiger partial charge in [0.25, 0.3) is 11.5 Å². The number of benzene rings is 1. The van der Waals surface area contributed by atoms with Gasteiger partial charge in [0.15, 0.2) is 0 Å². The van der Waals surface area contributed by atoms with E-state index in [1.165, 1.54) is 23.7 Å². The fourth-order valence-electron chi connectivity index (χ4n) is 2.72. The van der Waals surface area contributed by atoms with Gasteiger partial charge in [0.05, 0.1) is 11.6 Å². The first-order chi connectivity index (χ1) is 13.1. The monoisotopic (exact) mass is 377 g/mol. The van der Waals surface area contributed by atoms with E-state index in [1.807, 2.05) is 36.6 Å². The molecule has 0 spiro atoms. The molecule has 134 valence electrons. The SMILES string of the molecule is Cc1ccccc1C=CC(=O)Nn1cnc2scc(-c3ccco3)c2c1=O. The quantitative estimate of drug-likeness (QED) is 0.549. The summed E-state index contributed by atoms with van der Waals surface area (Å²) in [5.74, 6) is 0.167. The van der Waals surface area contributed by atoms with Crippen molar-refractivity contribution in [2.24, 2.45) is 0 Å². The Labute approximate surface area is 158 Å². The molecular formula is C20H15N3O3S. The van der Waals surface area contributed by atoms with Crippen LogP contribution in [0, 0.1) is 6.92 Å². The number of nitrogens with one attached hydrogen (secondary N) is 1. The fraction of sp³-hybridized carbons (Fsp3) is 0.0500. The Kier molecular flexibility index (Phi) is 4.43. The molecule has 0 saturated heterocycles. The van der Waals surface area contributed by atoms with Gasteiger partial charge >= 0.3 is 0 Å². The number of hydrogen-bond donors (Lipinski definition) is 1. The number of amides is 1. The van der Waals surface area contributed by atoms with E-state index in [0.29, 0.717) is 21.5 Å². The highest BCUT2D eigenvalue weighted by Gasteiger charge is 2.15. The first-order valence-electron chi connectivity index (χ1n) is 8.21. The molecule has 0 unspecified atom stereocenters. The molecule has 7 heteroatoms. The lowest BCUT2D eigenvalue weighted by atomic mass is 10.1. The summed E-state index contributed by atoms with van der Waals surface area (Å²) in [5.41, 5.74) is 4.85. The van der Waals surface area contributed by atoms with Crippen LogP contribution in [0.25, 0.3) is 27.6 Å². The Morgan fingerprint density at radius 3 is 2.89 bits per heavy atom. The predicted molar refractivity (Wildman–Crippen MR) is 106 cm³/mol. The molecule has 0 aliphatic carbocycles. The van der Waals surface area contributed by atoms with Crippen LogP contribution in [0.15, 0.2) is 69.7 Å². The Bertz CT molecular complexity index is 1200. The van der Waals surface area contributed by atoms with E-state index in [1.54, 1.807) is 24.5 Å². The van der Waals surface area contributed by atoms with Crippen molar-refractivity contribution >= 4 is 33.5 Å². The lowest BCUT2D eigenvalue weighted by Gasteiger charge is -2.06. The molecule has 0 fully saturated rings. The number of aromatic nitrogens is 2. The summed E-state index contributed by atoms with van der Waals surface area (Å²) >= 11 is 1.35. The number of carbonyl (C=O) groups excluding carboxylic acids is 1. The third kappa shape index (κ3) is 3.32. The molecule has 27 heavy (non-hydrogen) atoms. The number of rotatable bonds is 4. The van der Waals surface area contributed by atoms with Gasteiger partial charge in [-0.3, -0.25) is 15.0 Å². The molecule has 0 radical (unpaired) electrons. The van der Waals surface area contributed by atoms with Crippen LogP contribution in [0.5, 0.6) is 0 Å². The second-order valence-electron chi connectivity index (χ2n) is 5.89. The maximum Gasteiger partial charge on any atom is 0.281 e. The van der Waals surface area contributed by atoms with Gasteiger partial charge < -0.3 is 4.42 Å². The summed E-state index contributed by atoms with van der Waals surface area (Å²) in [6, 6.07) is 11.3. The zero-order valence-corrected chi connectivity index (χ0v) is 15.2. The maximum atomic E-state index is 12.8. The Hall–Kier alpha value is -3.45. The van der Waals surface area contributed by atoms with Crippen LogP contribution < -0.4 is 11.0 Å². The van der Waals surface area contributed by atoms with Crippen molar-refractivity contribution in [1.29, 1.82) is 0 Å². The molecule has 4 rings (SSSR count). The molecule has 0 saturated carbocycles. The average Bonchev–Trinajstić information content (AvgIpc) is 3.33. The van der Waals surface area contributed by atoms with E-state index in [9.17, 15) is 9.59 Å². The summed E-state index contributed by atoms with van der Waals surface area (Å²) < 4.78 is 6.48. The second-order valence-corrected chi connectivity index (χ2v) is 6.75. The number of aryl methyl sites for hydroxylation is 1. The highest BCUT2D eigenvalue weighted by molar-refractivity contribution is 7.17. The average molecular weight is 377 g/mol. The normalized spacial score (nSPS) is 11.3. The van der Waals surface area contributed by atoms with Crippen molar-refractivity contribution in [3.8, 4) is 11.3 Å². The summed E-state index contributed by atoms with van der Waals surface area (Å²) in [4.78, 5) is 29.9. The zero-order valence-electron chi connectivity index (χ0n) is 14.4. The fourth-order valence-corrected chi connectivity index (χ4v) is 3.61. The molecule has 1 N–H and O–H groups in total. The van der Waals surface area contributed by atoms with Crippen LogP contribution in [0.3, 0.4) is 0 Å². The van der Waals surface area contributed by atoms with Crippen molar-refractivity contribution in [3.05, 3.63) is 81.9 Å². The molecule has 0 atom stereocenters. The molecule has 4 aromatic rings. The Morgan fingerprint density at radius 2 is 2.11 bits per heavy atom. The predicted octanol–water partition coefficient (Wildman–Crippen LogP) is 3.81. The van der Waals surface area contributed by atoms with E-state index in [0.717, 1.165) is 15.8 Å². The number of fused-ring (bicyclic) bond motifs is 1. The Morgan fingerprint density at radius 1 is 1.26 bits per heavy atom. The van der Waals surface area contributed by atoms with Crippen LogP contribution in [0.1, 0.15) is 11.1 Å². The number of thiophene rings is 1. The molecule has 1 amide bonds. The molecule has 0 aliphatic rings. The van der Waals surface area contributed by atoms with E-state index in [-0.39, 0.29) is 5.56 Å². The lowest BCUT2D eigenvalue weighted by molar-refractivity contribution is -0.112. The first kappa shape index (κ1) is 17.0. The highest BCUT2D eigenvalue weighted by Crippen LogP contribution is 2.30. The standard InChI is InChI=1S/C20H15N3O3S/c1-13-5-2-3-6-14(13)8-9-17(24)22-23-12-21-19-18(20(23)25)15(11-27-19)16-7-4-10-26-16/h2-12H,1H3,(H,22,24). The van der Waals surface area contributed by atoms with Crippen LogP contribution in [-0.4, -0.2) is 15.6 Å². The van der Waals surface area contributed by atoms with E-state index in [4.69, 9.17) is 4.42 Å². The minimum Gasteiger partial charge on any atom is -0.464 e. The number of nitrogens with zero attached hydrogens (tertiary/aromatic N) is 2. The summed E-state index contributed by atoms with van der Waals surface area (Å²) in [6.45, 7) is 1.96. The van der Waals surface area contributed by atoms with Crippen molar-refractivity contribution < 1.29 is 9.21 Å². The van der Waals surface area contributed by atoms with Crippen molar-refractivity contribution in [2.75, 3.05) is 5.43 Å². The lowest BCUT2D eigenvalue weighted by Crippen LogP contribution is -2.32. The van der Waals surface area contributed by atoms with Gasteiger partial charge in [0.2, 0.25) is 0 Å². The molecule has 0 aliphatic heterocycles. The van der Waals surface area contributed by atoms with Gasteiger partial charge in [0.1, 0.15) is 16.9 Å². The van der Waals surface area contributed by atoms with Gasteiger partial charge in [-0.2, -0.15) is 0 Å². The smallest absolute Gasteiger partial charge is 0.281 e. The topological polar surface area (TPSA) is 77.1 Å². The van der Waals surface area contributed by atoms with Gasteiger partial charge in [-0.25, -0.2) is 9.66 Å². The summed E-state index contributed by atoms with van der Waals surface area (Å²) in [5, 5.41) is 2.24. The molecule has 1 aromatic carbocycles. The van der Waals surface area contributed by atoms with Crippen molar-refractivity contribution in [2.45, 2.75) is 6.92 Å². The third-order valence-electron chi connectivity index (χ3n) is 4.11. The summed E-state index contributed by atoms with van der Waals surface area (Å²) in [6.07, 6.45) is 5.96. The maximum absolute atomic E-state index is 12.8. The number of hydrogen-bond acceptors (Lipinski definition) is 5. The molecule has 3 aromatic heterocycles. The zero-order chi connectivity index (χ0) is 18.8. The van der Waals surface area contributed by atoms with Gasteiger partial charge in [-0.15, -0.1) is 11.3 Å². The van der Waals surface area contributed by atoms with E-state index in [2.05, 4.69) is 10.4 Å².